The predicted octanol–water partition coefficient (Wildman–Crippen LogP) is 5.11. The fourth-order valence-electron chi connectivity index (χ4n) is 1.21. The van der Waals surface area contributed by atoms with E-state index in [1.807, 2.05) is 36.4 Å². The monoisotopic (exact) mass is 404 g/mol. The van der Waals surface area contributed by atoms with Gasteiger partial charge in [-0.2, -0.15) is 0 Å². The molecule has 0 aliphatic heterocycles. The molecule has 0 unspecified atom stereocenters. The van der Waals surface area contributed by atoms with Crippen LogP contribution in [0.2, 0.25) is 0 Å². The SMILES string of the molecule is Brc1ccc(Br)c(Nc2cccc(Br)n2)c1. The third-order valence-corrected chi connectivity index (χ3v) is 3.53. The maximum absolute atomic E-state index is 4.31. The van der Waals surface area contributed by atoms with Gasteiger partial charge in [0, 0.05) is 8.95 Å². The van der Waals surface area contributed by atoms with E-state index in [0.29, 0.717) is 0 Å². The van der Waals surface area contributed by atoms with E-state index in [2.05, 4.69) is 58.1 Å². The third-order valence-electron chi connectivity index (χ3n) is 1.91. The Hall–Kier alpha value is -0.390. The van der Waals surface area contributed by atoms with Crippen molar-refractivity contribution >= 4 is 59.3 Å². The van der Waals surface area contributed by atoms with Gasteiger partial charge in [0.05, 0.1) is 5.69 Å². The molecular weight excluding hydrogens is 400 g/mol. The Morgan fingerprint density at radius 2 is 1.81 bits per heavy atom. The molecule has 1 aromatic carbocycles. The highest BCUT2D eigenvalue weighted by Crippen LogP contribution is 2.28. The van der Waals surface area contributed by atoms with Gasteiger partial charge in [-0.25, -0.2) is 4.98 Å². The summed E-state index contributed by atoms with van der Waals surface area (Å²) in [5, 5.41) is 3.24. The van der Waals surface area contributed by atoms with E-state index in [1.165, 1.54) is 0 Å². The number of rotatable bonds is 2. The van der Waals surface area contributed by atoms with Crippen LogP contribution in [0.15, 0.2) is 49.9 Å². The zero-order valence-corrected chi connectivity index (χ0v) is 12.8. The van der Waals surface area contributed by atoms with Crippen molar-refractivity contribution in [3.05, 3.63) is 49.9 Å². The number of anilines is 2. The minimum Gasteiger partial charge on any atom is -0.339 e. The lowest BCUT2D eigenvalue weighted by atomic mass is 10.3. The van der Waals surface area contributed by atoms with Crippen molar-refractivity contribution in [1.82, 2.24) is 4.98 Å². The molecule has 0 amide bonds. The molecule has 0 fully saturated rings. The van der Waals surface area contributed by atoms with Crippen molar-refractivity contribution in [3.63, 3.8) is 0 Å². The molecule has 2 nitrogen and oxygen atoms in total. The van der Waals surface area contributed by atoms with Crippen molar-refractivity contribution < 1.29 is 0 Å². The summed E-state index contributed by atoms with van der Waals surface area (Å²) in [6.07, 6.45) is 0. The van der Waals surface area contributed by atoms with Crippen LogP contribution in [0.1, 0.15) is 0 Å². The number of aromatic nitrogens is 1. The Kier molecular flexibility index (Phi) is 4.00. The molecule has 0 aliphatic carbocycles. The van der Waals surface area contributed by atoms with Crippen LogP contribution in [0.4, 0.5) is 11.5 Å². The topological polar surface area (TPSA) is 24.9 Å². The summed E-state index contributed by atoms with van der Waals surface area (Å²) >= 11 is 10.3. The Morgan fingerprint density at radius 3 is 2.56 bits per heavy atom. The first kappa shape index (κ1) is 12.1. The van der Waals surface area contributed by atoms with Crippen LogP contribution in [0, 0.1) is 0 Å². The number of hydrogen-bond donors (Lipinski definition) is 1. The molecule has 82 valence electrons. The Morgan fingerprint density at radius 1 is 1.00 bits per heavy atom. The van der Waals surface area contributed by atoms with Crippen molar-refractivity contribution in [2.45, 2.75) is 0 Å². The molecule has 0 atom stereocenters. The van der Waals surface area contributed by atoms with E-state index in [9.17, 15) is 0 Å². The third kappa shape index (κ3) is 3.06. The summed E-state index contributed by atoms with van der Waals surface area (Å²) in [5.41, 5.74) is 0.972. The van der Waals surface area contributed by atoms with Crippen molar-refractivity contribution in [1.29, 1.82) is 0 Å². The van der Waals surface area contributed by atoms with Crippen LogP contribution in [-0.4, -0.2) is 4.98 Å². The maximum Gasteiger partial charge on any atom is 0.131 e. The van der Waals surface area contributed by atoms with Gasteiger partial charge in [0.2, 0.25) is 0 Å². The number of hydrogen-bond acceptors (Lipinski definition) is 2. The van der Waals surface area contributed by atoms with E-state index >= 15 is 0 Å². The van der Waals surface area contributed by atoms with Crippen LogP contribution in [-0.2, 0) is 0 Å². The van der Waals surface area contributed by atoms with Crippen LogP contribution in [0.5, 0.6) is 0 Å². The van der Waals surface area contributed by atoms with Gasteiger partial charge in [0.1, 0.15) is 10.4 Å². The second-order valence-corrected chi connectivity index (χ2v) is 5.68. The normalized spacial score (nSPS) is 10.2. The van der Waals surface area contributed by atoms with Gasteiger partial charge in [0.25, 0.3) is 0 Å². The summed E-state index contributed by atoms with van der Waals surface area (Å²) in [4.78, 5) is 4.31. The highest BCUT2D eigenvalue weighted by molar-refractivity contribution is 9.11. The van der Waals surface area contributed by atoms with Crippen LogP contribution >= 0.6 is 47.8 Å². The summed E-state index contributed by atoms with van der Waals surface area (Å²) in [6.45, 7) is 0. The molecule has 1 N–H and O–H groups in total. The second kappa shape index (κ2) is 5.29. The van der Waals surface area contributed by atoms with E-state index in [1.54, 1.807) is 0 Å². The van der Waals surface area contributed by atoms with E-state index in [-0.39, 0.29) is 0 Å². The van der Waals surface area contributed by atoms with Gasteiger partial charge in [-0.3, -0.25) is 0 Å². The van der Waals surface area contributed by atoms with Crippen molar-refractivity contribution in [2.75, 3.05) is 5.32 Å². The highest BCUT2D eigenvalue weighted by Gasteiger charge is 2.02. The first-order chi connectivity index (χ1) is 7.65. The number of benzene rings is 1. The van der Waals surface area contributed by atoms with E-state index in [0.717, 1.165) is 25.1 Å². The number of pyridine rings is 1. The molecule has 1 heterocycles. The molecule has 0 spiro atoms. The average molecular weight is 407 g/mol. The van der Waals surface area contributed by atoms with Gasteiger partial charge < -0.3 is 5.32 Å². The fraction of sp³-hybridized carbons (Fsp3) is 0. The van der Waals surface area contributed by atoms with Gasteiger partial charge in [-0.05, 0) is 62.2 Å². The molecule has 0 aliphatic rings. The smallest absolute Gasteiger partial charge is 0.131 e. The van der Waals surface area contributed by atoms with Crippen molar-refractivity contribution in [2.24, 2.45) is 0 Å². The van der Waals surface area contributed by atoms with E-state index in [4.69, 9.17) is 0 Å². The molecule has 2 aromatic rings. The van der Waals surface area contributed by atoms with Gasteiger partial charge in [0.15, 0.2) is 0 Å². The minimum absolute atomic E-state index is 0.799. The quantitative estimate of drug-likeness (QED) is 0.701. The number of halogens is 3. The van der Waals surface area contributed by atoms with Crippen molar-refractivity contribution in [3.8, 4) is 0 Å². The predicted molar refractivity (Wildman–Crippen MR) is 77.1 cm³/mol. The molecule has 1 aromatic heterocycles. The molecular formula is C11H7Br3N2. The Labute approximate surface area is 119 Å². The summed E-state index contributed by atoms with van der Waals surface area (Å²) < 4.78 is 2.83. The summed E-state index contributed by atoms with van der Waals surface area (Å²) in [5.74, 6) is 0.799. The average Bonchev–Trinajstić information content (AvgIpc) is 2.24. The minimum atomic E-state index is 0.799. The van der Waals surface area contributed by atoms with Gasteiger partial charge in [-0.15, -0.1) is 0 Å². The standard InChI is InChI=1S/C11H7Br3N2/c12-7-4-5-8(13)9(6-7)15-11-3-1-2-10(14)16-11/h1-6H,(H,15,16). The largest absolute Gasteiger partial charge is 0.339 e. The highest BCUT2D eigenvalue weighted by atomic mass is 79.9. The molecule has 0 saturated carbocycles. The Bertz CT molecular complexity index is 514. The molecule has 5 heteroatoms. The first-order valence-electron chi connectivity index (χ1n) is 4.50. The lowest BCUT2D eigenvalue weighted by molar-refractivity contribution is 1.26. The zero-order chi connectivity index (χ0) is 11.5. The fourth-order valence-corrected chi connectivity index (χ4v) is 2.26. The van der Waals surface area contributed by atoms with Crippen LogP contribution in [0.3, 0.4) is 0 Å². The zero-order valence-electron chi connectivity index (χ0n) is 8.05. The van der Waals surface area contributed by atoms with E-state index < -0.39 is 0 Å². The van der Waals surface area contributed by atoms with Crippen LogP contribution in [0.25, 0.3) is 0 Å². The first-order valence-corrected chi connectivity index (χ1v) is 6.88. The Balaban J connectivity index is 2.30. The maximum atomic E-state index is 4.31. The number of nitrogens with one attached hydrogen (secondary N) is 1. The molecule has 0 saturated heterocycles. The lowest BCUT2D eigenvalue weighted by Crippen LogP contribution is -1.94. The molecule has 0 bridgehead atoms. The number of nitrogens with zero attached hydrogens (tertiary/aromatic N) is 1. The summed E-state index contributed by atoms with van der Waals surface area (Å²) in [6, 6.07) is 11.7. The molecule has 16 heavy (non-hydrogen) atoms. The molecule has 2 rings (SSSR count). The molecule has 0 radical (unpaired) electrons. The van der Waals surface area contributed by atoms with Gasteiger partial charge in [-0.1, -0.05) is 22.0 Å². The van der Waals surface area contributed by atoms with Gasteiger partial charge >= 0.3 is 0 Å². The second-order valence-electron chi connectivity index (χ2n) is 3.09. The van der Waals surface area contributed by atoms with Crippen LogP contribution < -0.4 is 5.32 Å². The summed E-state index contributed by atoms with van der Waals surface area (Å²) in [7, 11) is 0. The lowest BCUT2D eigenvalue weighted by Gasteiger charge is -2.08.